The molecule has 1 aliphatic rings. The van der Waals surface area contributed by atoms with E-state index in [4.69, 9.17) is 9.84 Å². The van der Waals surface area contributed by atoms with Crippen LogP contribution < -0.4 is 0 Å². The van der Waals surface area contributed by atoms with Crippen molar-refractivity contribution in [3.63, 3.8) is 0 Å². The van der Waals surface area contributed by atoms with E-state index in [0.717, 1.165) is 12.8 Å². The molecule has 1 heterocycles. The predicted octanol–water partition coefficient (Wildman–Crippen LogP) is -0.174. The first-order chi connectivity index (χ1) is 6.74. The van der Waals surface area contributed by atoms with Crippen LogP contribution in [-0.4, -0.2) is 46.8 Å². The van der Waals surface area contributed by atoms with Gasteiger partial charge in [0.15, 0.2) is 0 Å². The minimum Gasteiger partial charge on any atom is -0.392 e. The quantitative estimate of drug-likeness (QED) is 0.553. The topological polar surface area (TPSA) is 69.9 Å². The minimum absolute atomic E-state index is 0.0782. The fourth-order valence-electron chi connectivity index (χ4n) is 1.58. The average Bonchev–Trinajstić information content (AvgIpc) is 2.18. The van der Waals surface area contributed by atoms with Crippen molar-refractivity contribution in [2.45, 2.75) is 37.6 Å². The molecule has 0 bridgehead atoms. The maximum absolute atomic E-state index is 9.53. The molecule has 1 aliphatic heterocycles. The van der Waals surface area contributed by atoms with Crippen molar-refractivity contribution < 1.29 is 20.1 Å². The molecule has 0 aromatic heterocycles. The van der Waals surface area contributed by atoms with E-state index in [9.17, 15) is 10.2 Å². The summed E-state index contributed by atoms with van der Waals surface area (Å²) in [5.74, 6) is 0. The molecule has 1 saturated heterocycles. The lowest BCUT2D eigenvalue weighted by atomic mass is 10.00. The van der Waals surface area contributed by atoms with Gasteiger partial charge in [-0.15, -0.1) is 0 Å². The molecule has 0 aromatic rings. The summed E-state index contributed by atoms with van der Waals surface area (Å²) in [5, 5.41) is 27.5. The van der Waals surface area contributed by atoms with Gasteiger partial charge in [0, 0.05) is 13.0 Å². The molecule has 0 saturated carbocycles. The van der Waals surface area contributed by atoms with Gasteiger partial charge in [0.2, 0.25) is 0 Å². The Morgan fingerprint density at radius 1 is 1.50 bits per heavy atom. The summed E-state index contributed by atoms with van der Waals surface area (Å²) in [6.45, 7) is 0.573. The third-order valence-corrected chi connectivity index (χ3v) is 2.34. The third kappa shape index (κ3) is 3.75. The molecule has 3 atom stereocenters. The standard InChI is InChI=1S/C10H18O4/c11-5-1-3-8(12)7-10-9(13)4-2-6-14-10/h1,3,8-13H,2,4-7H2/b3-1-/t8-,9-,10+/m0/s1. The maximum atomic E-state index is 9.53. The molecule has 0 aliphatic carbocycles. The van der Waals surface area contributed by atoms with Crippen molar-refractivity contribution in [1.82, 2.24) is 0 Å². The van der Waals surface area contributed by atoms with Gasteiger partial charge in [0.25, 0.3) is 0 Å². The zero-order chi connectivity index (χ0) is 10.4. The molecule has 1 rings (SSSR count). The number of aliphatic hydroxyl groups is 3. The lowest BCUT2D eigenvalue weighted by molar-refractivity contribution is -0.0870. The van der Waals surface area contributed by atoms with E-state index >= 15 is 0 Å². The predicted molar refractivity (Wildman–Crippen MR) is 51.8 cm³/mol. The fraction of sp³-hybridized carbons (Fsp3) is 0.800. The van der Waals surface area contributed by atoms with Crippen LogP contribution in [0.3, 0.4) is 0 Å². The van der Waals surface area contributed by atoms with Crippen molar-refractivity contribution >= 4 is 0 Å². The summed E-state index contributed by atoms with van der Waals surface area (Å²) >= 11 is 0. The zero-order valence-corrected chi connectivity index (χ0v) is 8.17. The van der Waals surface area contributed by atoms with Gasteiger partial charge in [-0.2, -0.15) is 0 Å². The van der Waals surface area contributed by atoms with Crippen LogP contribution in [-0.2, 0) is 4.74 Å². The number of rotatable bonds is 4. The first kappa shape index (κ1) is 11.7. The van der Waals surface area contributed by atoms with Crippen LogP contribution in [0.1, 0.15) is 19.3 Å². The maximum Gasteiger partial charge on any atom is 0.0861 e. The minimum atomic E-state index is -0.653. The van der Waals surface area contributed by atoms with Crippen molar-refractivity contribution in [2.24, 2.45) is 0 Å². The summed E-state index contributed by atoms with van der Waals surface area (Å²) in [7, 11) is 0. The second-order valence-electron chi connectivity index (χ2n) is 3.53. The second kappa shape index (κ2) is 6.14. The van der Waals surface area contributed by atoms with Crippen LogP contribution in [0.2, 0.25) is 0 Å². The molecule has 0 amide bonds. The van der Waals surface area contributed by atoms with E-state index in [-0.39, 0.29) is 12.7 Å². The van der Waals surface area contributed by atoms with Gasteiger partial charge in [-0.3, -0.25) is 0 Å². The van der Waals surface area contributed by atoms with Crippen molar-refractivity contribution in [3.05, 3.63) is 12.2 Å². The Hall–Kier alpha value is -0.420. The van der Waals surface area contributed by atoms with Crippen molar-refractivity contribution in [1.29, 1.82) is 0 Å². The van der Waals surface area contributed by atoms with E-state index in [0.29, 0.717) is 13.0 Å². The number of aliphatic hydroxyl groups excluding tert-OH is 3. The SMILES string of the molecule is OC/C=C\[C@H](O)C[C@H]1OCCC[C@@H]1O. The van der Waals surface area contributed by atoms with Crippen LogP contribution in [0.5, 0.6) is 0 Å². The molecule has 4 heteroatoms. The summed E-state index contributed by atoms with van der Waals surface area (Å²) in [4.78, 5) is 0. The van der Waals surface area contributed by atoms with E-state index in [1.807, 2.05) is 0 Å². The summed E-state index contributed by atoms with van der Waals surface area (Å²) < 4.78 is 5.33. The molecule has 0 spiro atoms. The normalized spacial score (nSPS) is 30.8. The molecule has 3 N–H and O–H groups in total. The lowest BCUT2D eigenvalue weighted by Gasteiger charge is -2.28. The van der Waals surface area contributed by atoms with Gasteiger partial charge in [-0.05, 0) is 12.8 Å². The Morgan fingerprint density at radius 2 is 2.29 bits per heavy atom. The molecule has 14 heavy (non-hydrogen) atoms. The van der Waals surface area contributed by atoms with Gasteiger partial charge in [0.1, 0.15) is 0 Å². The Balaban J connectivity index is 2.30. The first-order valence-corrected chi connectivity index (χ1v) is 4.99. The largest absolute Gasteiger partial charge is 0.392 e. The molecule has 0 radical (unpaired) electrons. The molecule has 82 valence electrons. The average molecular weight is 202 g/mol. The second-order valence-corrected chi connectivity index (χ2v) is 3.53. The Kier molecular flexibility index (Phi) is 5.11. The molecule has 4 nitrogen and oxygen atoms in total. The molecular weight excluding hydrogens is 184 g/mol. The summed E-state index contributed by atoms with van der Waals surface area (Å²) in [6, 6.07) is 0. The van der Waals surface area contributed by atoms with E-state index in [2.05, 4.69) is 0 Å². The molecule has 0 unspecified atom stereocenters. The number of ether oxygens (including phenoxy) is 1. The smallest absolute Gasteiger partial charge is 0.0861 e. The van der Waals surface area contributed by atoms with Gasteiger partial charge >= 0.3 is 0 Å². The van der Waals surface area contributed by atoms with Gasteiger partial charge in [-0.25, -0.2) is 0 Å². The van der Waals surface area contributed by atoms with Crippen LogP contribution >= 0.6 is 0 Å². The van der Waals surface area contributed by atoms with Crippen molar-refractivity contribution in [2.75, 3.05) is 13.2 Å². The van der Waals surface area contributed by atoms with Crippen LogP contribution in [0.15, 0.2) is 12.2 Å². The Labute approximate surface area is 83.8 Å². The highest BCUT2D eigenvalue weighted by atomic mass is 16.5. The summed E-state index contributed by atoms with van der Waals surface area (Å²) in [6.07, 6.45) is 3.60. The third-order valence-electron chi connectivity index (χ3n) is 2.34. The highest BCUT2D eigenvalue weighted by molar-refractivity contribution is 4.91. The molecular formula is C10H18O4. The Morgan fingerprint density at radius 3 is 2.93 bits per heavy atom. The number of hydrogen-bond acceptors (Lipinski definition) is 4. The van der Waals surface area contributed by atoms with Crippen molar-refractivity contribution in [3.8, 4) is 0 Å². The van der Waals surface area contributed by atoms with Gasteiger partial charge in [-0.1, -0.05) is 12.2 Å². The van der Waals surface area contributed by atoms with Crippen LogP contribution in [0.4, 0.5) is 0 Å². The van der Waals surface area contributed by atoms with E-state index in [1.165, 1.54) is 12.2 Å². The van der Waals surface area contributed by atoms with E-state index in [1.54, 1.807) is 0 Å². The van der Waals surface area contributed by atoms with Crippen LogP contribution in [0, 0.1) is 0 Å². The zero-order valence-electron chi connectivity index (χ0n) is 8.17. The van der Waals surface area contributed by atoms with Gasteiger partial charge < -0.3 is 20.1 Å². The first-order valence-electron chi connectivity index (χ1n) is 4.99. The number of hydrogen-bond donors (Lipinski definition) is 3. The fourth-order valence-corrected chi connectivity index (χ4v) is 1.58. The van der Waals surface area contributed by atoms with Crippen LogP contribution in [0.25, 0.3) is 0 Å². The monoisotopic (exact) mass is 202 g/mol. The molecule has 1 fully saturated rings. The highest BCUT2D eigenvalue weighted by Gasteiger charge is 2.25. The highest BCUT2D eigenvalue weighted by Crippen LogP contribution is 2.18. The van der Waals surface area contributed by atoms with E-state index < -0.39 is 12.2 Å². The Bertz CT molecular complexity index is 181. The lowest BCUT2D eigenvalue weighted by Crippen LogP contribution is -2.36. The summed E-state index contributed by atoms with van der Waals surface area (Å²) in [5.41, 5.74) is 0. The molecule has 0 aromatic carbocycles. The van der Waals surface area contributed by atoms with Gasteiger partial charge in [0.05, 0.1) is 24.9 Å².